The van der Waals surface area contributed by atoms with Crippen molar-refractivity contribution in [3.63, 3.8) is 0 Å². The van der Waals surface area contributed by atoms with Crippen molar-refractivity contribution in [3.8, 4) is 0 Å². The molecule has 2 atom stereocenters. The average molecular weight is 392 g/mol. The minimum absolute atomic E-state index is 0.00651. The number of benzene rings is 1. The van der Waals surface area contributed by atoms with Crippen LogP contribution in [0.25, 0.3) is 0 Å². The highest BCUT2D eigenvalue weighted by Gasteiger charge is 2.41. The Labute approximate surface area is 162 Å². The minimum atomic E-state index is -3.08. The first kappa shape index (κ1) is 19.9. The average Bonchev–Trinajstić information content (AvgIpc) is 2.86. The molecule has 1 aromatic rings. The van der Waals surface area contributed by atoms with Gasteiger partial charge in [0.05, 0.1) is 18.3 Å². The predicted molar refractivity (Wildman–Crippen MR) is 107 cm³/mol. The molecule has 0 saturated carbocycles. The van der Waals surface area contributed by atoms with E-state index in [-0.39, 0.29) is 18.1 Å². The molecule has 7 heteroatoms. The van der Waals surface area contributed by atoms with Crippen LogP contribution in [0.1, 0.15) is 37.8 Å². The fraction of sp³-hybridized carbons (Fsp3) is 0.550. The van der Waals surface area contributed by atoms with E-state index in [1.165, 1.54) is 6.26 Å². The van der Waals surface area contributed by atoms with Gasteiger partial charge in [0.15, 0.2) is 0 Å². The van der Waals surface area contributed by atoms with E-state index in [1.54, 1.807) is 9.21 Å². The summed E-state index contributed by atoms with van der Waals surface area (Å²) in [7, 11) is -1.24. The molecule has 0 spiro atoms. The fourth-order valence-corrected chi connectivity index (χ4v) is 4.88. The molecular weight excluding hydrogens is 362 g/mol. The second kappa shape index (κ2) is 8.02. The van der Waals surface area contributed by atoms with Gasteiger partial charge >= 0.3 is 6.03 Å². The van der Waals surface area contributed by atoms with E-state index in [1.807, 2.05) is 36.3 Å². The van der Waals surface area contributed by atoms with E-state index in [2.05, 4.69) is 25.1 Å². The lowest BCUT2D eigenvalue weighted by Crippen LogP contribution is -2.37. The van der Waals surface area contributed by atoms with E-state index >= 15 is 0 Å². The van der Waals surface area contributed by atoms with Gasteiger partial charge in [0.25, 0.3) is 0 Å². The summed E-state index contributed by atoms with van der Waals surface area (Å²) in [4.78, 5) is 16.3. The van der Waals surface area contributed by atoms with Crippen molar-refractivity contribution in [1.29, 1.82) is 0 Å². The van der Waals surface area contributed by atoms with E-state index in [0.717, 1.165) is 24.8 Å². The first-order chi connectivity index (χ1) is 12.8. The summed E-state index contributed by atoms with van der Waals surface area (Å²) < 4.78 is 24.8. The number of carbonyl (C=O) groups excluding carboxylic acids is 1. The van der Waals surface area contributed by atoms with Crippen LogP contribution in [0, 0.1) is 5.92 Å². The topological polar surface area (TPSA) is 60.9 Å². The van der Waals surface area contributed by atoms with E-state index in [9.17, 15) is 13.2 Å². The van der Waals surface area contributed by atoms with E-state index < -0.39 is 10.0 Å². The van der Waals surface area contributed by atoms with Crippen LogP contribution in [0.15, 0.2) is 42.6 Å². The summed E-state index contributed by atoms with van der Waals surface area (Å²) >= 11 is 0. The SMILES string of the molecule is C[C@@H]1[C@@H](c2ccccc2)N(C=CCC2CCN(S(C)(=O)=O)CC2)C(=O)N1C. The number of piperidine rings is 1. The van der Waals surface area contributed by atoms with E-state index in [0.29, 0.717) is 19.0 Å². The summed E-state index contributed by atoms with van der Waals surface area (Å²) in [5, 5.41) is 0. The number of allylic oxidation sites excluding steroid dienone is 1. The summed E-state index contributed by atoms with van der Waals surface area (Å²) in [5.41, 5.74) is 1.13. The lowest BCUT2D eigenvalue weighted by Gasteiger charge is -2.29. The number of likely N-dealkylation sites (N-methyl/N-ethyl adjacent to an activating group) is 1. The van der Waals surface area contributed by atoms with Crippen LogP contribution in [0.2, 0.25) is 0 Å². The molecule has 27 heavy (non-hydrogen) atoms. The Morgan fingerprint density at radius 3 is 2.37 bits per heavy atom. The number of urea groups is 1. The molecule has 2 aliphatic heterocycles. The van der Waals surface area contributed by atoms with Crippen molar-refractivity contribution in [3.05, 3.63) is 48.2 Å². The zero-order valence-corrected chi connectivity index (χ0v) is 17.1. The maximum Gasteiger partial charge on any atom is 0.324 e. The Morgan fingerprint density at radius 1 is 1.15 bits per heavy atom. The Morgan fingerprint density at radius 2 is 1.78 bits per heavy atom. The van der Waals surface area contributed by atoms with Crippen LogP contribution < -0.4 is 0 Å². The van der Waals surface area contributed by atoms with Gasteiger partial charge < -0.3 is 4.90 Å². The highest BCUT2D eigenvalue weighted by atomic mass is 32.2. The van der Waals surface area contributed by atoms with Crippen LogP contribution in [0.4, 0.5) is 4.79 Å². The molecule has 1 aromatic carbocycles. The van der Waals surface area contributed by atoms with Crippen molar-refractivity contribution in [1.82, 2.24) is 14.1 Å². The molecule has 0 N–H and O–H groups in total. The van der Waals surface area contributed by atoms with Crippen LogP contribution >= 0.6 is 0 Å². The number of sulfonamides is 1. The first-order valence-electron chi connectivity index (χ1n) is 9.51. The Hall–Kier alpha value is -1.86. The third kappa shape index (κ3) is 4.35. The van der Waals surface area contributed by atoms with Gasteiger partial charge in [0.1, 0.15) is 0 Å². The van der Waals surface area contributed by atoms with Gasteiger partial charge in [-0.3, -0.25) is 4.90 Å². The smallest absolute Gasteiger partial charge is 0.322 e. The standard InChI is InChI=1S/C20H29N3O3S/c1-16-19(18-9-5-4-6-10-18)23(20(24)21(16)2)13-7-8-17-11-14-22(15-12-17)27(3,25)26/h4-7,9-10,13,16-17,19H,8,11-12,14-15H2,1-3H3/t16-,19+/m1/s1. The molecule has 2 fully saturated rings. The van der Waals surface area contributed by atoms with Gasteiger partial charge in [-0.1, -0.05) is 36.4 Å². The highest BCUT2D eigenvalue weighted by molar-refractivity contribution is 7.88. The molecule has 0 aromatic heterocycles. The lowest BCUT2D eigenvalue weighted by molar-refractivity contribution is 0.204. The van der Waals surface area contributed by atoms with Gasteiger partial charge in [-0.15, -0.1) is 0 Å². The predicted octanol–water partition coefficient (Wildman–Crippen LogP) is 3.06. The molecule has 2 heterocycles. The molecule has 6 nitrogen and oxygen atoms in total. The molecule has 0 aliphatic carbocycles. The lowest BCUT2D eigenvalue weighted by atomic mass is 9.94. The van der Waals surface area contributed by atoms with Crippen molar-refractivity contribution >= 4 is 16.1 Å². The highest BCUT2D eigenvalue weighted by Crippen LogP contribution is 2.34. The number of hydrogen-bond acceptors (Lipinski definition) is 3. The van der Waals surface area contributed by atoms with Crippen molar-refractivity contribution in [2.75, 3.05) is 26.4 Å². The molecule has 0 unspecified atom stereocenters. The number of amides is 2. The van der Waals surface area contributed by atoms with Gasteiger partial charge in [0, 0.05) is 26.3 Å². The second-order valence-electron chi connectivity index (χ2n) is 7.62. The third-order valence-electron chi connectivity index (χ3n) is 5.81. The van der Waals surface area contributed by atoms with E-state index in [4.69, 9.17) is 0 Å². The zero-order chi connectivity index (χ0) is 19.6. The number of carbonyl (C=O) groups is 1. The number of nitrogens with zero attached hydrogens (tertiary/aromatic N) is 3. The summed E-state index contributed by atoms with van der Waals surface area (Å²) in [6.07, 6.45) is 7.85. The minimum Gasteiger partial charge on any atom is -0.322 e. The number of hydrogen-bond donors (Lipinski definition) is 0. The summed E-state index contributed by atoms with van der Waals surface area (Å²) in [5.74, 6) is 0.460. The van der Waals surface area contributed by atoms with Crippen molar-refractivity contribution < 1.29 is 13.2 Å². The third-order valence-corrected chi connectivity index (χ3v) is 7.11. The second-order valence-corrected chi connectivity index (χ2v) is 9.61. The zero-order valence-electron chi connectivity index (χ0n) is 16.3. The van der Waals surface area contributed by atoms with Gasteiger partial charge in [0.2, 0.25) is 10.0 Å². The van der Waals surface area contributed by atoms with Gasteiger partial charge in [-0.25, -0.2) is 17.5 Å². The molecule has 148 valence electrons. The van der Waals surface area contributed by atoms with Crippen LogP contribution in [0.5, 0.6) is 0 Å². The molecule has 0 radical (unpaired) electrons. The largest absolute Gasteiger partial charge is 0.324 e. The first-order valence-corrected chi connectivity index (χ1v) is 11.4. The monoisotopic (exact) mass is 391 g/mol. The Bertz CT molecular complexity index is 786. The Balaban J connectivity index is 1.64. The molecular formula is C20H29N3O3S. The number of rotatable bonds is 5. The molecule has 0 bridgehead atoms. The van der Waals surface area contributed by atoms with Crippen molar-refractivity contribution in [2.24, 2.45) is 5.92 Å². The Kier molecular flexibility index (Phi) is 5.91. The maximum absolute atomic E-state index is 12.7. The van der Waals surface area contributed by atoms with Crippen molar-refractivity contribution in [2.45, 2.75) is 38.3 Å². The van der Waals surface area contributed by atoms with Crippen LogP contribution in [0.3, 0.4) is 0 Å². The molecule has 3 rings (SSSR count). The van der Waals surface area contributed by atoms with Crippen LogP contribution in [-0.2, 0) is 10.0 Å². The fourth-order valence-electron chi connectivity index (χ4n) is 4.01. The van der Waals surface area contributed by atoms with Crippen LogP contribution in [-0.4, -0.2) is 61.0 Å². The molecule has 2 saturated heterocycles. The van der Waals surface area contributed by atoms with Gasteiger partial charge in [-0.2, -0.15) is 0 Å². The summed E-state index contributed by atoms with van der Waals surface area (Å²) in [6.45, 7) is 3.25. The molecule has 2 aliphatic rings. The molecule has 2 amide bonds. The quantitative estimate of drug-likeness (QED) is 0.775. The normalized spacial score (nSPS) is 25.7. The maximum atomic E-state index is 12.7. The van der Waals surface area contributed by atoms with Gasteiger partial charge in [-0.05, 0) is 37.7 Å². The summed E-state index contributed by atoms with van der Waals surface area (Å²) in [6, 6.07) is 10.2.